The highest BCUT2D eigenvalue weighted by atomic mass is 79.9. The van der Waals surface area contributed by atoms with E-state index in [-0.39, 0.29) is 5.11 Å². The molecule has 0 fully saturated rings. The summed E-state index contributed by atoms with van der Waals surface area (Å²) in [4.78, 5) is 12.8. The van der Waals surface area contributed by atoms with Crippen molar-refractivity contribution in [2.45, 2.75) is 0 Å². The van der Waals surface area contributed by atoms with E-state index < -0.39 is 5.91 Å². The fourth-order valence-corrected chi connectivity index (χ4v) is 3.44. The molecule has 1 amide bonds. The summed E-state index contributed by atoms with van der Waals surface area (Å²) < 4.78 is 22.8. The smallest absolute Gasteiger partial charge is 0.261 e. The van der Waals surface area contributed by atoms with Crippen molar-refractivity contribution < 1.29 is 23.7 Å². The Hall–Kier alpha value is -3.14. The number of rotatable bonds is 11. The minimum Gasteiger partial charge on any atom is -0.490 e. The van der Waals surface area contributed by atoms with Gasteiger partial charge in [0.2, 0.25) is 0 Å². The second kappa shape index (κ2) is 13.5. The fraction of sp³-hybridized carbons (Fsp3) is 0.200. The lowest BCUT2D eigenvalue weighted by Gasteiger charge is -2.14. The Morgan fingerprint density at radius 3 is 2.32 bits per heavy atom. The minimum absolute atomic E-state index is 0.150. The summed E-state index contributed by atoms with van der Waals surface area (Å²) in [7, 11) is 1.58. The first-order valence-corrected chi connectivity index (χ1v) is 11.7. The lowest BCUT2D eigenvalue weighted by atomic mass is 10.2. The summed E-state index contributed by atoms with van der Waals surface area (Å²) >= 11 is 8.70. The van der Waals surface area contributed by atoms with Crippen molar-refractivity contribution in [1.29, 1.82) is 0 Å². The molecule has 2 N–H and O–H groups in total. The third kappa shape index (κ3) is 8.33. The van der Waals surface area contributed by atoms with Gasteiger partial charge in [0.15, 0.2) is 5.11 Å². The maximum absolute atomic E-state index is 12.8. The number of nitrogens with one attached hydrogen (secondary N) is 2. The van der Waals surface area contributed by atoms with Gasteiger partial charge in [-0.15, -0.1) is 0 Å². The molecule has 0 bridgehead atoms. The number of hydrogen-bond acceptors (Lipinski definition) is 6. The number of methoxy groups -OCH3 is 1. The average molecular weight is 545 g/mol. The molecular weight excluding hydrogens is 520 g/mol. The van der Waals surface area contributed by atoms with E-state index in [0.29, 0.717) is 49.2 Å². The first kappa shape index (κ1) is 25.5. The van der Waals surface area contributed by atoms with Gasteiger partial charge in [-0.25, -0.2) is 0 Å². The van der Waals surface area contributed by atoms with Crippen molar-refractivity contribution in [3.63, 3.8) is 0 Å². The number of benzene rings is 3. The van der Waals surface area contributed by atoms with Crippen LogP contribution in [0.4, 0.5) is 5.69 Å². The van der Waals surface area contributed by atoms with Gasteiger partial charge in [-0.1, -0.05) is 40.2 Å². The van der Waals surface area contributed by atoms with Gasteiger partial charge >= 0.3 is 0 Å². The van der Waals surface area contributed by atoms with Crippen LogP contribution in [-0.2, 0) is 4.74 Å². The Balaban J connectivity index is 1.52. The van der Waals surface area contributed by atoms with Crippen molar-refractivity contribution in [2.24, 2.45) is 0 Å². The highest BCUT2D eigenvalue weighted by Crippen LogP contribution is 2.23. The monoisotopic (exact) mass is 544 g/mol. The van der Waals surface area contributed by atoms with E-state index in [4.69, 9.17) is 31.2 Å². The van der Waals surface area contributed by atoms with Crippen LogP contribution in [0.3, 0.4) is 0 Å². The van der Waals surface area contributed by atoms with E-state index in [9.17, 15) is 4.79 Å². The zero-order valence-corrected chi connectivity index (χ0v) is 21.0. The largest absolute Gasteiger partial charge is 0.490 e. The molecule has 9 heteroatoms. The average Bonchev–Trinajstić information content (AvgIpc) is 2.83. The van der Waals surface area contributed by atoms with Gasteiger partial charge in [0.1, 0.15) is 37.1 Å². The minimum atomic E-state index is -0.392. The predicted octanol–water partition coefficient (Wildman–Crippen LogP) is 5.06. The maximum atomic E-state index is 12.8. The van der Waals surface area contributed by atoms with Gasteiger partial charge in [-0.3, -0.25) is 10.1 Å². The van der Waals surface area contributed by atoms with Crippen molar-refractivity contribution in [3.05, 3.63) is 82.8 Å². The SMILES string of the molecule is COCCOc1ccc(Br)cc1C(=O)NC(=S)Nc1cccc(OCCOc2ccccc2)c1. The Labute approximate surface area is 212 Å². The summed E-state index contributed by atoms with van der Waals surface area (Å²) in [5.41, 5.74) is 1.03. The molecule has 34 heavy (non-hydrogen) atoms. The van der Waals surface area contributed by atoms with E-state index in [2.05, 4.69) is 26.6 Å². The maximum Gasteiger partial charge on any atom is 0.261 e. The second-order valence-electron chi connectivity index (χ2n) is 6.93. The van der Waals surface area contributed by atoms with Gasteiger partial charge < -0.3 is 24.3 Å². The molecule has 0 aliphatic heterocycles. The van der Waals surface area contributed by atoms with Crippen LogP contribution in [-0.4, -0.2) is 44.6 Å². The zero-order valence-electron chi connectivity index (χ0n) is 18.6. The van der Waals surface area contributed by atoms with E-state index in [1.807, 2.05) is 48.5 Å². The van der Waals surface area contributed by atoms with E-state index in [1.165, 1.54) is 0 Å². The number of ether oxygens (including phenoxy) is 4. The molecule has 0 saturated heterocycles. The number of thiocarbonyl (C=S) groups is 1. The second-order valence-corrected chi connectivity index (χ2v) is 8.25. The molecule has 0 saturated carbocycles. The summed E-state index contributed by atoms with van der Waals surface area (Å²) in [6, 6.07) is 22.0. The van der Waals surface area contributed by atoms with Crippen molar-refractivity contribution in [3.8, 4) is 17.2 Å². The first-order valence-electron chi connectivity index (χ1n) is 10.5. The molecule has 3 aromatic carbocycles. The quantitative estimate of drug-likeness (QED) is 0.258. The van der Waals surface area contributed by atoms with Gasteiger partial charge in [0, 0.05) is 23.3 Å². The van der Waals surface area contributed by atoms with Crippen LogP contribution in [0.5, 0.6) is 17.2 Å². The van der Waals surface area contributed by atoms with Gasteiger partial charge in [-0.2, -0.15) is 0 Å². The summed E-state index contributed by atoms with van der Waals surface area (Å²) in [6.45, 7) is 1.53. The molecule has 0 atom stereocenters. The van der Waals surface area contributed by atoms with Crippen molar-refractivity contribution >= 4 is 44.9 Å². The summed E-state index contributed by atoms with van der Waals surface area (Å²) in [5.74, 6) is 1.49. The lowest BCUT2D eigenvalue weighted by Crippen LogP contribution is -2.34. The van der Waals surface area contributed by atoms with E-state index in [1.54, 1.807) is 31.4 Å². The number of hydrogen-bond donors (Lipinski definition) is 2. The Morgan fingerprint density at radius 1 is 0.853 bits per heavy atom. The molecule has 3 aromatic rings. The van der Waals surface area contributed by atoms with Crippen LogP contribution < -0.4 is 24.8 Å². The molecule has 0 spiro atoms. The van der Waals surface area contributed by atoms with Crippen LogP contribution in [0, 0.1) is 0 Å². The predicted molar refractivity (Wildman–Crippen MR) is 139 cm³/mol. The van der Waals surface area contributed by atoms with Gasteiger partial charge in [-0.05, 0) is 54.7 Å². The number of carbonyl (C=O) groups is 1. The molecule has 0 radical (unpaired) electrons. The van der Waals surface area contributed by atoms with E-state index >= 15 is 0 Å². The first-order chi connectivity index (χ1) is 16.5. The molecule has 0 aliphatic rings. The van der Waals surface area contributed by atoms with Crippen molar-refractivity contribution in [2.75, 3.05) is 38.9 Å². The molecule has 0 unspecified atom stereocenters. The number of para-hydroxylation sites is 1. The number of anilines is 1. The Kier molecular flexibility index (Phi) is 10.1. The van der Waals surface area contributed by atoms with Crippen LogP contribution in [0.1, 0.15) is 10.4 Å². The van der Waals surface area contributed by atoms with E-state index in [0.717, 1.165) is 10.2 Å². The highest BCUT2D eigenvalue weighted by Gasteiger charge is 2.15. The number of carbonyl (C=O) groups excluding carboxylic acids is 1. The van der Waals surface area contributed by atoms with Crippen LogP contribution in [0.2, 0.25) is 0 Å². The molecule has 178 valence electrons. The highest BCUT2D eigenvalue weighted by molar-refractivity contribution is 9.10. The van der Waals surface area contributed by atoms with Gasteiger partial charge in [0.05, 0.1) is 12.2 Å². The third-order valence-electron chi connectivity index (χ3n) is 4.41. The summed E-state index contributed by atoms with van der Waals surface area (Å²) in [5, 5.41) is 5.83. The number of halogens is 1. The molecule has 3 rings (SSSR count). The molecule has 0 heterocycles. The standard InChI is InChI=1S/C25H25BrN2O5S/c1-30-12-13-33-23-11-10-18(26)16-22(23)24(29)28-25(34)27-19-6-5-9-21(17-19)32-15-14-31-20-7-3-2-4-8-20/h2-11,16-17H,12-15H2,1H3,(H2,27,28,29,34). The molecule has 0 aliphatic carbocycles. The topological polar surface area (TPSA) is 78.1 Å². The van der Waals surface area contributed by atoms with Crippen molar-refractivity contribution in [1.82, 2.24) is 5.32 Å². The number of amides is 1. The normalized spacial score (nSPS) is 10.3. The third-order valence-corrected chi connectivity index (χ3v) is 5.11. The Morgan fingerprint density at radius 2 is 1.56 bits per heavy atom. The molecule has 0 aromatic heterocycles. The Bertz CT molecular complexity index is 1100. The van der Waals surface area contributed by atoms with Gasteiger partial charge in [0.25, 0.3) is 5.91 Å². The zero-order chi connectivity index (χ0) is 24.2. The van der Waals surface area contributed by atoms with Crippen LogP contribution >= 0.6 is 28.1 Å². The van der Waals surface area contributed by atoms with Crippen LogP contribution in [0.25, 0.3) is 0 Å². The molecule has 7 nitrogen and oxygen atoms in total. The van der Waals surface area contributed by atoms with Crippen LogP contribution in [0.15, 0.2) is 77.3 Å². The summed E-state index contributed by atoms with van der Waals surface area (Å²) in [6.07, 6.45) is 0. The fourth-order valence-electron chi connectivity index (χ4n) is 2.87. The molecular formula is C25H25BrN2O5S. The lowest BCUT2D eigenvalue weighted by molar-refractivity contribution is 0.0969.